The molecule has 0 spiro atoms. The number of aromatic nitrogens is 2. The number of nitrogens with zero attached hydrogens (tertiary/aromatic N) is 3. The van der Waals surface area contributed by atoms with Crippen LogP contribution in [-0.2, 0) is 17.8 Å². The Labute approximate surface area is 160 Å². The smallest absolute Gasteiger partial charge is 0.336 e. The molecule has 0 bridgehead atoms. The van der Waals surface area contributed by atoms with E-state index in [4.69, 9.17) is 9.15 Å². The van der Waals surface area contributed by atoms with E-state index in [1.807, 2.05) is 26.8 Å². The number of likely N-dealkylation sites (N-methyl/N-ethyl adjacent to an activating group) is 1. The van der Waals surface area contributed by atoms with Crippen molar-refractivity contribution in [3.63, 3.8) is 0 Å². The normalized spacial score (nSPS) is 11.0. The third kappa shape index (κ3) is 4.16. The molecule has 3 rings (SSSR count). The highest BCUT2D eigenvalue weighted by Crippen LogP contribution is 2.30. The predicted octanol–water partition coefficient (Wildman–Crippen LogP) is 2.86. The number of carbonyl (C=O) groups is 1. The van der Waals surface area contributed by atoms with Gasteiger partial charge in [-0.25, -0.2) is 4.79 Å². The Bertz CT molecular complexity index is 1040. The molecule has 0 N–H and O–H groups in total. The second kappa shape index (κ2) is 7.87. The molecular formula is C19H21N3O4S. The lowest BCUT2D eigenvalue weighted by atomic mass is 10.1. The lowest BCUT2D eigenvalue weighted by Crippen LogP contribution is -2.31. The Morgan fingerprint density at radius 3 is 2.74 bits per heavy atom. The summed E-state index contributed by atoms with van der Waals surface area (Å²) in [6.07, 6.45) is 0.660. The summed E-state index contributed by atoms with van der Waals surface area (Å²) in [5, 5.41) is 4.69. The number of ether oxygens (including phenoxy) is 1. The molecule has 0 saturated heterocycles. The minimum atomic E-state index is -0.389. The van der Waals surface area contributed by atoms with Gasteiger partial charge in [0.1, 0.15) is 11.3 Å². The zero-order valence-corrected chi connectivity index (χ0v) is 16.6. The zero-order valence-electron chi connectivity index (χ0n) is 15.7. The Morgan fingerprint density at radius 1 is 1.30 bits per heavy atom. The summed E-state index contributed by atoms with van der Waals surface area (Å²) in [6, 6.07) is 5.13. The second-order valence-corrected chi connectivity index (χ2v) is 7.24. The minimum absolute atomic E-state index is 0.109. The zero-order chi connectivity index (χ0) is 19.6. The fourth-order valence-corrected chi connectivity index (χ4v) is 3.50. The molecule has 3 aromatic rings. The number of aryl methyl sites for hydroxylation is 3. The van der Waals surface area contributed by atoms with Crippen LogP contribution >= 0.6 is 11.5 Å². The number of rotatable bonds is 6. The maximum absolute atomic E-state index is 12.5. The van der Waals surface area contributed by atoms with E-state index < -0.39 is 0 Å². The van der Waals surface area contributed by atoms with Gasteiger partial charge in [0.15, 0.2) is 6.61 Å². The Morgan fingerprint density at radius 2 is 2.07 bits per heavy atom. The van der Waals surface area contributed by atoms with Crippen LogP contribution in [-0.4, -0.2) is 34.0 Å². The van der Waals surface area contributed by atoms with Crippen molar-refractivity contribution in [2.45, 2.75) is 33.7 Å². The van der Waals surface area contributed by atoms with Crippen LogP contribution in [0.4, 0.5) is 0 Å². The van der Waals surface area contributed by atoms with Gasteiger partial charge in [-0.2, -0.15) is 0 Å². The van der Waals surface area contributed by atoms with E-state index >= 15 is 0 Å². The van der Waals surface area contributed by atoms with Gasteiger partial charge in [-0.3, -0.25) is 4.79 Å². The summed E-state index contributed by atoms with van der Waals surface area (Å²) in [7, 11) is 1.72. The van der Waals surface area contributed by atoms with Crippen molar-refractivity contribution in [1.29, 1.82) is 0 Å². The first-order valence-electron chi connectivity index (χ1n) is 8.61. The van der Waals surface area contributed by atoms with Crippen LogP contribution < -0.4 is 10.4 Å². The molecule has 0 radical (unpaired) electrons. The number of amides is 1. The van der Waals surface area contributed by atoms with Crippen molar-refractivity contribution in [2.75, 3.05) is 13.7 Å². The predicted molar refractivity (Wildman–Crippen MR) is 103 cm³/mol. The van der Waals surface area contributed by atoms with E-state index in [-0.39, 0.29) is 18.1 Å². The first kappa shape index (κ1) is 19.0. The molecule has 0 fully saturated rings. The topological polar surface area (TPSA) is 85.5 Å². The molecule has 1 amide bonds. The Kier molecular flexibility index (Phi) is 5.55. The van der Waals surface area contributed by atoms with E-state index in [9.17, 15) is 9.59 Å². The SMILES string of the molecule is CCc1cc(=O)oc2cc(C)cc(OCC(=O)N(C)Cc3snnc3C)c12. The monoisotopic (exact) mass is 387 g/mol. The van der Waals surface area contributed by atoms with Crippen LogP contribution in [0.2, 0.25) is 0 Å². The number of hydrogen-bond donors (Lipinski definition) is 0. The lowest BCUT2D eigenvalue weighted by molar-refractivity contribution is -0.132. The number of fused-ring (bicyclic) bond motifs is 1. The van der Waals surface area contributed by atoms with Gasteiger partial charge in [0.25, 0.3) is 5.91 Å². The molecule has 0 saturated carbocycles. The Hall–Kier alpha value is -2.74. The molecule has 8 heteroatoms. The fourth-order valence-electron chi connectivity index (χ4n) is 2.81. The third-order valence-electron chi connectivity index (χ3n) is 4.32. The molecule has 142 valence electrons. The number of hydrogen-bond acceptors (Lipinski definition) is 7. The van der Waals surface area contributed by atoms with Crippen LogP contribution in [0.3, 0.4) is 0 Å². The van der Waals surface area contributed by atoms with Crippen molar-refractivity contribution in [3.8, 4) is 5.75 Å². The largest absolute Gasteiger partial charge is 0.483 e. The highest BCUT2D eigenvalue weighted by molar-refractivity contribution is 7.05. The van der Waals surface area contributed by atoms with Gasteiger partial charge >= 0.3 is 5.63 Å². The molecule has 0 aliphatic rings. The van der Waals surface area contributed by atoms with Crippen molar-refractivity contribution >= 4 is 28.4 Å². The molecule has 0 atom stereocenters. The van der Waals surface area contributed by atoms with Crippen LogP contribution in [0.15, 0.2) is 27.4 Å². The average Bonchev–Trinajstić information content (AvgIpc) is 3.02. The summed E-state index contributed by atoms with van der Waals surface area (Å²) >= 11 is 1.28. The van der Waals surface area contributed by atoms with Crippen LogP contribution in [0.5, 0.6) is 5.75 Å². The van der Waals surface area contributed by atoms with Crippen molar-refractivity contribution in [1.82, 2.24) is 14.5 Å². The lowest BCUT2D eigenvalue weighted by Gasteiger charge is -2.18. The fraction of sp³-hybridized carbons (Fsp3) is 0.368. The van der Waals surface area contributed by atoms with Crippen molar-refractivity contribution < 1.29 is 13.9 Å². The highest BCUT2D eigenvalue weighted by Gasteiger charge is 2.16. The van der Waals surface area contributed by atoms with E-state index in [2.05, 4.69) is 9.59 Å². The average molecular weight is 387 g/mol. The van der Waals surface area contributed by atoms with E-state index in [0.29, 0.717) is 24.3 Å². The van der Waals surface area contributed by atoms with Crippen LogP contribution in [0.25, 0.3) is 11.0 Å². The summed E-state index contributed by atoms with van der Waals surface area (Å²) < 4.78 is 15.0. The molecule has 2 aromatic heterocycles. The molecule has 27 heavy (non-hydrogen) atoms. The summed E-state index contributed by atoms with van der Waals surface area (Å²) in [5.41, 5.74) is 2.64. The van der Waals surface area contributed by atoms with Crippen molar-refractivity contribution in [2.24, 2.45) is 0 Å². The van der Waals surface area contributed by atoms with Gasteiger partial charge in [0, 0.05) is 13.1 Å². The Balaban J connectivity index is 1.81. The van der Waals surface area contributed by atoms with E-state index in [0.717, 1.165) is 27.1 Å². The molecule has 2 heterocycles. The standard InChI is InChI=1S/C19H21N3O4S/c1-5-13-8-18(24)26-15-7-11(2)6-14(19(13)15)25-10-17(23)22(4)9-16-12(3)20-21-27-16/h6-8H,5,9-10H2,1-4H3. The quantitative estimate of drug-likeness (QED) is 0.605. The second-order valence-electron chi connectivity index (χ2n) is 6.40. The van der Waals surface area contributed by atoms with E-state index in [1.54, 1.807) is 18.0 Å². The van der Waals surface area contributed by atoms with Gasteiger partial charge in [-0.05, 0) is 55.1 Å². The molecule has 7 nitrogen and oxygen atoms in total. The maximum Gasteiger partial charge on any atom is 0.336 e. The summed E-state index contributed by atoms with van der Waals surface area (Å²) in [4.78, 5) is 26.7. The van der Waals surface area contributed by atoms with Gasteiger partial charge in [0.2, 0.25) is 0 Å². The van der Waals surface area contributed by atoms with Crippen LogP contribution in [0, 0.1) is 13.8 Å². The van der Waals surface area contributed by atoms with Gasteiger partial charge in [-0.1, -0.05) is 11.4 Å². The van der Waals surface area contributed by atoms with Crippen molar-refractivity contribution in [3.05, 3.63) is 50.3 Å². The molecule has 0 aliphatic carbocycles. The molecule has 0 unspecified atom stereocenters. The summed E-state index contributed by atoms with van der Waals surface area (Å²) in [6.45, 7) is 6.05. The molecule has 1 aromatic carbocycles. The first-order chi connectivity index (χ1) is 12.9. The van der Waals surface area contributed by atoms with Gasteiger partial charge in [0.05, 0.1) is 22.5 Å². The third-order valence-corrected chi connectivity index (χ3v) is 5.13. The minimum Gasteiger partial charge on any atom is -0.483 e. The van der Waals surface area contributed by atoms with E-state index in [1.165, 1.54) is 17.6 Å². The highest BCUT2D eigenvalue weighted by atomic mass is 32.1. The molecule has 0 aliphatic heterocycles. The summed E-state index contributed by atoms with van der Waals surface area (Å²) in [5.74, 6) is 0.385. The van der Waals surface area contributed by atoms with Gasteiger partial charge in [-0.15, -0.1) is 5.10 Å². The van der Waals surface area contributed by atoms with Crippen LogP contribution in [0.1, 0.15) is 28.6 Å². The first-order valence-corrected chi connectivity index (χ1v) is 9.38. The number of benzene rings is 1. The number of carbonyl (C=O) groups excluding carboxylic acids is 1. The maximum atomic E-state index is 12.5. The molecular weight excluding hydrogens is 366 g/mol. The van der Waals surface area contributed by atoms with Gasteiger partial charge < -0.3 is 14.1 Å².